The van der Waals surface area contributed by atoms with Gasteiger partial charge in [-0.25, -0.2) is 9.38 Å². The molecule has 0 bridgehead atoms. The zero-order valence-corrected chi connectivity index (χ0v) is 22.9. The van der Waals surface area contributed by atoms with Crippen LogP contribution in [0.15, 0.2) is 70.3 Å². The first kappa shape index (κ1) is 29.3. The standard InChI is InChI=1S/C30H29F4N3O5/c1-17-12-13-36(19-4-3-5-19)29(40)26(17)37-16-24(22-11-10-21(41-2)14-25(22)31)23(28(37)39)15-35-27(38)18-6-8-20(9-7-18)42-30(32,33)34/h6-15,19,22-25H,3-5,16H2,1-2H3/t22?,23?,24-,25?/m0/s1. The molecule has 2 aromatic rings. The van der Waals surface area contributed by atoms with E-state index in [0.29, 0.717) is 11.3 Å². The van der Waals surface area contributed by atoms with Crippen molar-refractivity contribution < 1.29 is 36.6 Å². The Bertz CT molecular complexity index is 1510. The van der Waals surface area contributed by atoms with Crippen LogP contribution in [0.5, 0.6) is 5.75 Å². The minimum absolute atomic E-state index is 0.0174. The van der Waals surface area contributed by atoms with E-state index in [1.54, 1.807) is 35.9 Å². The Morgan fingerprint density at radius 2 is 1.83 bits per heavy atom. The average Bonchev–Trinajstić information content (AvgIpc) is 3.22. The summed E-state index contributed by atoms with van der Waals surface area (Å²) in [5, 5.41) is 0. The number of pyridine rings is 1. The van der Waals surface area contributed by atoms with Crippen LogP contribution >= 0.6 is 0 Å². The van der Waals surface area contributed by atoms with Gasteiger partial charge in [0.1, 0.15) is 23.4 Å². The number of allylic oxidation sites excluding steroid dienone is 3. The maximum absolute atomic E-state index is 15.4. The van der Waals surface area contributed by atoms with Crippen LogP contribution in [0.4, 0.5) is 23.2 Å². The summed E-state index contributed by atoms with van der Waals surface area (Å²) in [6.45, 7) is 1.75. The highest BCUT2D eigenvalue weighted by Crippen LogP contribution is 2.39. The minimum Gasteiger partial charge on any atom is -0.497 e. The van der Waals surface area contributed by atoms with Gasteiger partial charge in [0.15, 0.2) is 0 Å². The van der Waals surface area contributed by atoms with E-state index in [4.69, 9.17) is 4.74 Å². The number of aromatic nitrogens is 1. The molecule has 222 valence electrons. The topological polar surface area (TPSA) is 90.2 Å². The summed E-state index contributed by atoms with van der Waals surface area (Å²) < 4.78 is 63.3. The van der Waals surface area contributed by atoms with Crippen molar-refractivity contribution >= 4 is 23.7 Å². The molecule has 2 heterocycles. The van der Waals surface area contributed by atoms with Crippen LogP contribution in [-0.2, 0) is 9.53 Å². The number of alkyl halides is 4. The average molecular weight is 588 g/mol. The van der Waals surface area contributed by atoms with Crippen molar-refractivity contribution in [3.63, 3.8) is 0 Å². The molecule has 8 nitrogen and oxygen atoms in total. The summed E-state index contributed by atoms with van der Waals surface area (Å²) >= 11 is 0. The van der Waals surface area contributed by atoms with Crippen molar-refractivity contribution in [3.05, 3.63) is 82.0 Å². The summed E-state index contributed by atoms with van der Waals surface area (Å²) in [7, 11) is 1.41. The molecule has 3 aliphatic rings. The van der Waals surface area contributed by atoms with Gasteiger partial charge in [-0.1, -0.05) is 6.08 Å². The Morgan fingerprint density at radius 1 is 1.12 bits per heavy atom. The van der Waals surface area contributed by atoms with Gasteiger partial charge in [-0.15, -0.1) is 13.2 Å². The normalized spacial score (nSPS) is 24.6. The van der Waals surface area contributed by atoms with E-state index < -0.39 is 47.9 Å². The monoisotopic (exact) mass is 587 g/mol. The molecule has 2 aliphatic carbocycles. The molecule has 0 radical (unpaired) electrons. The molecule has 1 aromatic heterocycles. The highest BCUT2D eigenvalue weighted by atomic mass is 19.4. The fraction of sp³-hybridized carbons (Fsp3) is 0.400. The van der Waals surface area contributed by atoms with E-state index in [1.165, 1.54) is 18.1 Å². The fourth-order valence-corrected chi connectivity index (χ4v) is 5.60. The molecule has 12 heteroatoms. The molecule has 1 saturated carbocycles. The van der Waals surface area contributed by atoms with Gasteiger partial charge < -0.3 is 18.9 Å². The number of aliphatic imine (C=N–C) groups is 1. The largest absolute Gasteiger partial charge is 0.573 e. The molecule has 42 heavy (non-hydrogen) atoms. The van der Waals surface area contributed by atoms with Gasteiger partial charge >= 0.3 is 6.36 Å². The molecule has 0 spiro atoms. The smallest absolute Gasteiger partial charge is 0.497 e. The van der Waals surface area contributed by atoms with Gasteiger partial charge in [-0.2, -0.15) is 0 Å². The number of ether oxygens (including phenoxy) is 2. The molecule has 2 amide bonds. The number of amides is 2. The molecular formula is C30H29F4N3O5. The molecule has 1 aliphatic heterocycles. The van der Waals surface area contributed by atoms with Crippen molar-refractivity contribution in [1.29, 1.82) is 0 Å². The molecule has 0 N–H and O–H groups in total. The van der Waals surface area contributed by atoms with E-state index in [2.05, 4.69) is 9.73 Å². The third-order valence-electron chi connectivity index (χ3n) is 8.03. The van der Waals surface area contributed by atoms with Gasteiger partial charge in [0.2, 0.25) is 5.91 Å². The van der Waals surface area contributed by atoms with Gasteiger partial charge in [-0.3, -0.25) is 14.4 Å². The van der Waals surface area contributed by atoms with Crippen molar-refractivity contribution in [3.8, 4) is 5.75 Å². The number of rotatable bonds is 7. The van der Waals surface area contributed by atoms with Crippen LogP contribution in [-0.4, -0.2) is 48.8 Å². The van der Waals surface area contributed by atoms with E-state index in [1.807, 2.05) is 0 Å². The first-order valence-corrected chi connectivity index (χ1v) is 13.5. The number of methoxy groups -OCH3 is 1. The lowest BCUT2D eigenvalue weighted by atomic mass is 9.79. The quantitative estimate of drug-likeness (QED) is 0.323. The number of halogens is 4. The zero-order chi connectivity index (χ0) is 30.2. The Kier molecular flexibility index (Phi) is 8.07. The predicted octanol–water partition coefficient (Wildman–Crippen LogP) is 5.32. The molecule has 4 atom stereocenters. The van der Waals surface area contributed by atoms with Gasteiger partial charge in [0.25, 0.3) is 11.5 Å². The van der Waals surface area contributed by atoms with Crippen LogP contribution in [0.2, 0.25) is 0 Å². The van der Waals surface area contributed by atoms with E-state index in [0.717, 1.165) is 49.7 Å². The Morgan fingerprint density at radius 3 is 2.43 bits per heavy atom. The third kappa shape index (κ3) is 5.88. The lowest BCUT2D eigenvalue weighted by molar-refractivity contribution is -0.274. The Balaban J connectivity index is 1.45. The van der Waals surface area contributed by atoms with Crippen LogP contribution in [0.1, 0.15) is 41.2 Å². The molecular weight excluding hydrogens is 558 g/mol. The summed E-state index contributed by atoms with van der Waals surface area (Å²) in [6.07, 6.45) is 3.75. The van der Waals surface area contributed by atoms with E-state index in [-0.39, 0.29) is 29.4 Å². The fourth-order valence-electron chi connectivity index (χ4n) is 5.60. The van der Waals surface area contributed by atoms with Crippen molar-refractivity contribution in [1.82, 2.24) is 4.57 Å². The first-order valence-electron chi connectivity index (χ1n) is 13.5. The maximum Gasteiger partial charge on any atom is 0.573 e. The van der Waals surface area contributed by atoms with E-state index >= 15 is 4.39 Å². The zero-order valence-electron chi connectivity index (χ0n) is 22.9. The Hall–Kier alpha value is -4.22. The second-order valence-corrected chi connectivity index (χ2v) is 10.6. The van der Waals surface area contributed by atoms with Gasteiger partial charge in [0.05, 0.1) is 13.0 Å². The van der Waals surface area contributed by atoms with Crippen LogP contribution in [0.3, 0.4) is 0 Å². The summed E-state index contributed by atoms with van der Waals surface area (Å²) in [6, 6.07) is 6.04. The summed E-state index contributed by atoms with van der Waals surface area (Å²) in [5.41, 5.74) is 0.468. The highest BCUT2D eigenvalue weighted by Gasteiger charge is 2.47. The number of anilines is 1. The van der Waals surface area contributed by atoms with Crippen LogP contribution in [0, 0.1) is 24.7 Å². The number of carbonyl (C=O) groups excluding carboxylic acids is 2. The van der Waals surface area contributed by atoms with E-state index in [9.17, 15) is 27.6 Å². The van der Waals surface area contributed by atoms with Gasteiger partial charge in [0, 0.05) is 42.4 Å². The van der Waals surface area contributed by atoms with Crippen molar-refractivity contribution in [2.75, 3.05) is 18.6 Å². The van der Waals surface area contributed by atoms with Crippen molar-refractivity contribution in [2.24, 2.45) is 22.7 Å². The number of nitrogens with zero attached hydrogens (tertiary/aromatic N) is 3. The number of benzene rings is 1. The highest BCUT2D eigenvalue weighted by molar-refractivity contribution is 6.09. The maximum atomic E-state index is 15.4. The predicted molar refractivity (Wildman–Crippen MR) is 146 cm³/mol. The van der Waals surface area contributed by atoms with Crippen LogP contribution < -0.4 is 15.2 Å². The Labute approximate surface area is 238 Å². The molecule has 2 fully saturated rings. The lowest BCUT2D eigenvalue weighted by Gasteiger charge is -2.30. The molecule has 1 saturated heterocycles. The first-order chi connectivity index (χ1) is 20.0. The number of hydrogen-bond donors (Lipinski definition) is 0. The molecule has 1 aromatic carbocycles. The number of carbonyl (C=O) groups is 2. The second-order valence-electron chi connectivity index (χ2n) is 10.6. The lowest BCUT2D eigenvalue weighted by Crippen LogP contribution is -2.37. The number of aryl methyl sites for hydroxylation is 1. The summed E-state index contributed by atoms with van der Waals surface area (Å²) in [4.78, 5) is 45.5. The molecule has 3 unspecified atom stereocenters. The second kappa shape index (κ2) is 11.6. The SMILES string of the molecule is COC1=CC(F)C([C@@H]2CN(c3c(C)ccn(C4CCC4)c3=O)C(=O)C2C=NC(=O)c2ccc(OC(F)(F)F)cc2)C=C1. The van der Waals surface area contributed by atoms with Crippen LogP contribution in [0.25, 0.3) is 0 Å². The third-order valence-corrected chi connectivity index (χ3v) is 8.03. The van der Waals surface area contributed by atoms with Crippen molar-refractivity contribution in [2.45, 2.75) is 44.8 Å². The number of hydrogen-bond acceptors (Lipinski definition) is 5. The minimum atomic E-state index is -4.88. The summed E-state index contributed by atoms with van der Waals surface area (Å²) in [5.74, 6) is -3.99. The van der Waals surface area contributed by atoms with Gasteiger partial charge in [-0.05, 0) is 74.2 Å². The molecule has 5 rings (SSSR count).